The van der Waals surface area contributed by atoms with Gasteiger partial charge in [-0.2, -0.15) is 13.2 Å². The van der Waals surface area contributed by atoms with Crippen LogP contribution >= 0.6 is 15.9 Å². The van der Waals surface area contributed by atoms with Crippen molar-refractivity contribution in [2.24, 2.45) is 0 Å². The zero-order valence-electron chi connectivity index (χ0n) is 20.7. The Labute approximate surface area is 221 Å². The molecule has 0 radical (unpaired) electrons. The number of benzene rings is 2. The van der Waals surface area contributed by atoms with Crippen LogP contribution in [0, 0.1) is 5.82 Å². The van der Waals surface area contributed by atoms with Gasteiger partial charge in [0, 0.05) is 42.9 Å². The average molecular weight is 589 g/mol. The molecular formula is C25H29BrF4N4O3. The summed E-state index contributed by atoms with van der Waals surface area (Å²) in [5, 5.41) is 5.04. The van der Waals surface area contributed by atoms with Gasteiger partial charge in [0.05, 0.1) is 17.8 Å². The molecule has 3 rings (SSSR count). The first kappa shape index (κ1) is 28.7. The molecule has 1 aliphatic rings. The Morgan fingerprint density at radius 3 is 2.30 bits per heavy atom. The summed E-state index contributed by atoms with van der Waals surface area (Å²) < 4.78 is 61.3. The van der Waals surface area contributed by atoms with Gasteiger partial charge in [0.25, 0.3) is 0 Å². The lowest BCUT2D eigenvalue weighted by Gasteiger charge is -2.36. The minimum Gasteiger partial charge on any atom is -0.444 e. The second kappa shape index (κ2) is 11.7. The molecule has 1 fully saturated rings. The summed E-state index contributed by atoms with van der Waals surface area (Å²) in [6.45, 7) is 6.49. The summed E-state index contributed by atoms with van der Waals surface area (Å²) in [6, 6.07) is 7.89. The molecule has 2 aromatic carbocycles. The molecule has 0 aliphatic carbocycles. The summed E-state index contributed by atoms with van der Waals surface area (Å²) in [5.41, 5.74) is -1.35. The van der Waals surface area contributed by atoms with Gasteiger partial charge >= 0.3 is 12.3 Å². The first-order valence-corrected chi connectivity index (χ1v) is 12.4. The SMILES string of the molecule is CC(C)(C)OC(=O)N1CCN(Cc2ccc(NC(=O)CNc3ccc(Br)cc3F)cc2C(F)(F)F)CC1. The number of halogens is 5. The van der Waals surface area contributed by atoms with E-state index >= 15 is 0 Å². The van der Waals surface area contributed by atoms with E-state index in [1.54, 1.807) is 31.7 Å². The maximum Gasteiger partial charge on any atom is 0.416 e. The second-order valence-electron chi connectivity index (χ2n) is 9.64. The number of anilines is 2. The number of alkyl halides is 3. The molecule has 2 aromatic rings. The maximum absolute atomic E-state index is 13.9. The number of amides is 2. The van der Waals surface area contributed by atoms with Crippen molar-refractivity contribution in [1.29, 1.82) is 0 Å². The Kier molecular flexibility index (Phi) is 9.06. The molecule has 1 saturated heterocycles. The first-order valence-electron chi connectivity index (χ1n) is 11.6. The van der Waals surface area contributed by atoms with Crippen LogP contribution in [0.3, 0.4) is 0 Å². The van der Waals surface area contributed by atoms with Crippen LogP contribution in [0.15, 0.2) is 40.9 Å². The van der Waals surface area contributed by atoms with E-state index < -0.39 is 35.2 Å². The van der Waals surface area contributed by atoms with Crippen molar-refractivity contribution >= 4 is 39.3 Å². The van der Waals surface area contributed by atoms with E-state index in [-0.39, 0.29) is 30.0 Å². The smallest absolute Gasteiger partial charge is 0.416 e. The Hall–Kier alpha value is -2.86. The summed E-state index contributed by atoms with van der Waals surface area (Å²) in [5.74, 6) is -1.20. The Morgan fingerprint density at radius 1 is 1.03 bits per heavy atom. The third-order valence-corrected chi connectivity index (χ3v) is 5.98. The third kappa shape index (κ3) is 8.60. The van der Waals surface area contributed by atoms with Crippen molar-refractivity contribution < 1.29 is 31.9 Å². The molecule has 12 heteroatoms. The van der Waals surface area contributed by atoms with Crippen LogP contribution in [-0.2, 0) is 22.3 Å². The predicted octanol–water partition coefficient (Wildman–Crippen LogP) is 5.71. The maximum atomic E-state index is 13.9. The van der Waals surface area contributed by atoms with Gasteiger partial charge in [-0.25, -0.2) is 9.18 Å². The number of hydrogen-bond donors (Lipinski definition) is 2. The van der Waals surface area contributed by atoms with E-state index in [9.17, 15) is 27.2 Å². The van der Waals surface area contributed by atoms with E-state index in [4.69, 9.17) is 4.74 Å². The van der Waals surface area contributed by atoms with Gasteiger partial charge < -0.3 is 20.3 Å². The van der Waals surface area contributed by atoms with Crippen LogP contribution in [0.2, 0.25) is 0 Å². The number of rotatable bonds is 6. The highest BCUT2D eigenvalue weighted by molar-refractivity contribution is 9.10. The largest absolute Gasteiger partial charge is 0.444 e. The minimum absolute atomic E-state index is 0.0195. The van der Waals surface area contributed by atoms with E-state index in [1.165, 1.54) is 24.3 Å². The normalized spacial score (nSPS) is 14.9. The fraction of sp³-hybridized carbons (Fsp3) is 0.440. The highest BCUT2D eigenvalue weighted by Crippen LogP contribution is 2.34. The summed E-state index contributed by atoms with van der Waals surface area (Å²) >= 11 is 3.14. The van der Waals surface area contributed by atoms with Gasteiger partial charge in [0.1, 0.15) is 11.4 Å². The van der Waals surface area contributed by atoms with Crippen LogP contribution in [-0.4, -0.2) is 60.1 Å². The fourth-order valence-corrected chi connectivity index (χ4v) is 4.06. The lowest BCUT2D eigenvalue weighted by Crippen LogP contribution is -2.49. The lowest BCUT2D eigenvalue weighted by atomic mass is 10.0. The molecule has 202 valence electrons. The van der Waals surface area contributed by atoms with Gasteiger partial charge in [-0.05, 0) is 56.7 Å². The number of nitrogens with zero attached hydrogens (tertiary/aromatic N) is 2. The molecule has 1 heterocycles. The third-order valence-electron chi connectivity index (χ3n) is 5.49. The highest BCUT2D eigenvalue weighted by atomic mass is 79.9. The molecule has 37 heavy (non-hydrogen) atoms. The van der Waals surface area contributed by atoms with E-state index in [2.05, 4.69) is 26.6 Å². The van der Waals surface area contributed by atoms with Crippen molar-refractivity contribution in [3.05, 3.63) is 57.8 Å². The van der Waals surface area contributed by atoms with Gasteiger partial charge in [-0.3, -0.25) is 9.69 Å². The number of carbonyl (C=O) groups excluding carboxylic acids is 2. The molecule has 1 aliphatic heterocycles. The van der Waals surface area contributed by atoms with Gasteiger partial charge in [0.15, 0.2) is 0 Å². The van der Waals surface area contributed by atoms with Crippen molar-refractivity contribution in [3.8, 4) is 0 Å². The number of piperazine rings is 1. The summed E-state index contributed by atoms with van der Waals surface area (Å²) in [4.78, 5) is 27.9. The Bertz CT molecular complexity index is 1130. The molecular weight excluding hydrogens is 560 g/mol. The van der Waals surface area contributed by atoms with Gasteiger partial charge in [0.2, 0.25) is 5.91 Å². The van der Waals surface area contributed by atoms with Crippen LogP contribution in [0.5, 0.6) is 0 Å². The van der Waals surface area contributed by atoms with E-state index in [1.807, 2.05) is 4.90 Å². The Morgan fingerprint density at radius 2 is 1.70 bits per heavy atom. The van der Waals surface area contributed by atoms with Gasteiger partial charge in [-0.15, -0.1) is 0 Å². The number of hydrogen-bond acceptors (Lipinski definition) is 5. The van der Waals surface area contributed by atoms with Crippen molar-refractivity contribution in [3.63, 3.8) is 0 Å². The minimum atomic E-state index is -4.63. The van der Waals surface area contributed by atoms with Crippen LogP contribution < -0.4 is 10.6 Å². The molecule has 0 atom stereocenters. The fourth-order valence-electron chi connectivity index (χ4n) is 3.73. The molecule has 2 N–H and O–H groups in total. The average Bonchev–Trinajstić information content (AvgIpc) is 2.78. The molecule has 0 bridgehead atoms. The van der Waals surface area contributed by atoms with E-state index in [0.29, 0.717) is 30.7 Å². The topological polar surface area (TPSA) is 73.9 Å². The van der Waals surface area contributed by atoms with Crippen LogP contribution in [0.1, 0.15) is 31.9 Å². The number of carbonyl (C=O) groups is 2. The van der Waals surface area contributed by atoms with Crippen LogP contribution in [0.25, 0.3) is 0 Å². The van der Waals surface area contributed by atoms with Gasteiger partial charge in [-0.1, -0.05) is 22.0 Å². The zero-order valence-corrected chi connectivity index (χ0v) is 22.3. The van der Waals surface area contributed by atoms with Crippen LogP contribution in [0.4, 0.5) is 33.7 Å². The molecule has 0 spiro atoms. The van der Waals surface area contributed by atoms with E-state index in [0.717, 1.165) is 6.07 Å². The molecule has 7 nitrogen and oxygen atoms in total. The second-order valence-corrected chi connectivity index (χ2v) is 10.6. The summed E-state index contributed by atoms with van der Waals surface area (Å²) in [6.07, 6.45) is -5.08. The standard InChI is InChI=1S/C25H29BrF4N4O3/c1-24(2,3)37-23(36)34-10-8-33(9-11-34)15-16-4-6-18(13-19(16)25(28,29)30)32-22(35)14-31-21-7-5-17(26)12-20(21)27/h4-7,12-13,31H,8-11,14-15H2,1-3H3,(H,32,35). The molecule has 0 unspecified atom stereocenters. The predicted molar refractivity (Wildman–Crippen MR) is 136 cm³/mol. The van der Waals surface area contributed by atoms with Crippen molar-refractivity contribution in [1.82, 2.24) is 9.80 Å². The number of nitrogens with one attached hydrogen (secondary N) is 2. The molecule has 2 amide bonds. The Balaban J connectivity index is 1.61. The monoisotopic (exact) mass is 588 g/mol. The summed E-state index contributed by atoms with van der Waals surface area (Å²) in [7, 11) is 0. The quantitative estimate of drug-likeness (QED) is 0.423. The van der Waals surface area contributed by atoms with Crippen molar-refractivity contribution in [2.75, 3.05) is 43.4 Å². The van der Waals surface area contributed by atoms with Crippen molar-refractivity contribution in [2.45, 2.75) is 39.1 Å². The lowest BCUT2D eigenvalue weighted by molar-refractivity contribution is -0.138. The molecule has 0 aromatic heterocycles. The highest BCUT2D eigenvalue weighted by Gasteiger charge is 2.35. The first-order chi connectivity index (χ1) is 17.2. The number of ether oxygens (including phenoxy) is 1. The molecule has 0 saturated carbocycles. The zero-order chi connectivity index (χ0) is 27.4.